The maximum atomic E-state index is 16.1. The van der Waals surface area contributed by atoms with Gasteiger partial charge in [-0.25, -0.2) is 19.2 Å². The van der Waals surface area contributed by atoms with Crippen LogP contribution in [0.5, 0.6) is 0 Å². The highest BCUT2D eigenvalue weighted by atomic mass is 35.5. The van der Waals surface area contributed by atoms with Crippen LogP contribution in [0.2, 0.25) is 0 Å². The topological polar surface area (TPSA) is 252 Å². The van der Waals surface area contributed by atoms with E-state index in [1.807, 2.05) is 0 Å². The van der Waals surface area contributed by atoms with E-state index in [2.05, 4.69) is 5.32 Å². The highest BCUT2D eigenvalue weighted by molar-refractivity contribution is 6.17. The molecule has 0 aromatic heterocycles. The van der Waals surface area contributed by atoms with Gasteiger partial charge in [0.1, 0.15) is 36.1 Å². The van der Waals surface area contributed by atoms with Gasteiger partial charge in [0.15, 0.2) is 29.6 Å². The number of carbonyl (C=O) groups excluding carboxylic acids is 8. The van der Waals surface area contributed by atoms with Crippen molar-refractivity contribution in [1.29, 1.82) is 0 Å². The molecule has 1 amide bonds. The van der Waals surface area contributed by atoms with E-state index in [0.29, 0.717) is 0 Å². The number of esters is 4. The minimum atomic E-state index is -2.57. The number of Topliss-reactive ketones (excluding diaryl/α,β-unsaturated/α-hetero) is 1. The molecule has 2 N–H and O–H groups in total. The van der Waals surface area contributed by atoms with Crippen molar-refractivity contribution in [3.8, 4) is 0 Å². The van der Waals surface area contributed by atoms with E-state index in [9.17, 15) is 33.9 Å². The molecule has 1 heterocycles. The fourth-order valence-corrected chi connectivity index (χ4v) is 11.0. The number of hydrogen-bond acceptors (Lipinski definition) is 18. The number of aliphatic hydroxyl groups is 1. The monoisotopic (exact) mass is 1040 g/mol. The van der Waals surface area contributed by atoms with Gasteiger partial charge in [0.25, 0.3) is 5.91 Å². The average Bonchev–Trinajstić information content (AvgIpc) is 3.33. The largest absolute Gasteiger partial charge is 0.510 e. The van der Waals surface area contributed by atoms with Crippen molar-refractivity contribution < 1.29 is 86.1 Å². The number of ketones is 1. The summed E-state index contributed by atoms with van der Waals surface area (Å²) in [6.07, 6.45) is -14.3. The molecule has 2 bridgehead atoms. The minimum absolute atomic E-state index is 0.0110. The lowest BCUT2D eigenvalue weighted by molar-refractivity contribution is -0.346. The van der Waals surface area contributed by atoms with Gasteiger partial charge in [-0.2, -0.15) is 0 Å². The molecule has 72 heavy (non-hydrogen) atoms. The van der Waals surface area contributed by atoms with Crippen molar-refractivity contribution >= 4 is 71.1 Å². The Labute approximate surface area is 423 Å². The number of amides is 1. The van der Waals surface area contributed by atoms with Gasteiger partial charge in [0.05, 0.1) is 23.5 Å². The predicted molar refractivity (Wildman–Crippen MR) is 250 cm³/mol. The summed E-state index contributed by atoms with van der Waals surface area (Å²) in [5.74, 6) is -7.59. The number of carbonyl (C=O) groups is 8. The molecule has 4 aliphatic rings. The van der Waals surface area contributed by atoms with Crippen molar-refractivity contribution in [1.82, 2.24) is 5.32 Å². The smallest absolute Gasteiger partial charge is 0.455 e. The third kappa shape index (κ3) is 9.86. The molecule has 7 rings (SSSR count). The highest BCUT2D eigenvalue weighted by Crippen LogP contribution is 2.65. The SMILES string of the molecule is CC(=O)O[C@H]1C(=O)[C@]2(C)[C@@H](OC(=O)OCCl)C[C@H]3OC[C@@]3(OC(C)=O)[C@H]2[C@H](OC(=O)c2ccccc2)[C@]2(O)C[C@H](OC(=O)[C@H](OC(=O)OCCl)[C@@H](NC(=O)c3ccccc3)c3ccccc3)C(C)=C1C2(C)C. The van der Waals surface area contributed by atoms with E-state index in [-0.39, 0.29) is 34.3 Å². The summed E-state index contributed by atoms with van der Waals surface area (Å²) in [6, 6.07) is 20.7. The van der Waals surface area contributed by atoms with E-state index in [4.69, 9.17) is 65.8 Å². The number of benzene rings is 3. The number of alkyl halides is 2. The lowest BCUT2D eigenvalue weighted by Gasteiger charge is -2.67. The molecule has 0 spiro atoms. The Morgan fingerprint density at radius 2 is 1.36 bits per heavy atom. The summed E-state index contributed by atoms with van der Waals surface area (Å²) in [5, 5.41) is 16.8. The standard InChI is InChI=1S/C51H53Cl2NO18/c1-27-33(68-45(60)39(70-47(62)66-26-53)37(30-16-10-7-11-17-30)54-43(58)31-18-12-8-13-19-31)23-51(63)42(71-44(59)32-20-14-9-15-21-32)40-49(6,41(57)38(67-28(2)55)36(27)48(51,4)5)34(69-46(61)65-25-52)22-35-50(40,24-64-35)72-29(3)56/h7-21,33-35,37-40,42,63H,22-26H2,1-6H3,(H,54,58)/t33-,34-,35+,37-,38+,39+,40-,42-,49+,50-,51+/m0/s1. The van der Waals surface area contributed by atoms with Crippen molar-refractivity contribution in [2.24, 2.45) is 16.7 Å². The number of nitrogens with one attached hydrogen (secondary N) is 1. The Kier molecular flexibility index (Phi) is 15.7. The molecule has 3 fully saturated rings. The summed E-state index contributed by atoms with van der Waals surface area (Å²) in [6.45, 7) is 7.51. The van der Waals surface area contributed by atoms with Gasteiger partial charge < -0.3 is 53.1 Å². The lowest BCUT2D eigenvalue weighted by Crippen LogP contribution is -2.82. The highest BCUT2D eigenvalue weighted by Gasteiger charge is 2.79. The molecule has 3 aromatic rings. The van der Waals surface area contributed by atoms with Crippen molar-refractivity contribution in [2.45, 2.75) is 108 Å². The number of ether oxygens (including phenoxy) is 9. The van der Waals surface area contributed by atoms with E-state index in [1.165, 1.54) is 52.0 Å². The first-order valence-corrected chi connectivity index (χ1v) is 23.8. The quantitative estimate of drug-likeness (QED) is 0.0761. The van der Waals surface area contributed by atoms with Gasteiger partial charge in [-0.3, -0.25) is 19.2 Å². The Balaban J connectivity index is 1.46. The number of halogens is 2. The summed E-state index contributed by atoms with van der Waals surface area (Å²) in [7, 11) is 0. The molecular weight excluding hydrogens is 985 g/mol. The van der Waals surface area contributed by atoms with Crippen LogP contribution in [0.15, 0.2) is 102 Å². The summed E-state index contributed by atoms with van der Waals surface area (Å²) >= 11 is 11.5. The first-order chi connectivity index (χ1) is 34.1. The minimum Gasteiger partial charge on any atom is -0.455 e. The Bertz CT molecular complexity index is 2610. The van der Waals surface area contributed by atoms with Crippen LogP contribution >= 0.6 is 23.2 Å². The molecule has 19 nitrogen and oxygen atoms in total. The third-order valence-electron chi connectivity index (χ3n) is 14.2. The third-order valence-corrected chi connectivity index (χ3v) is 14.4. The zero-order valence-corrected chi connectivity index (χ0v) is 41.5. The number of fused-ring (bicyclic) bond motifs is 5. The Morgan fingerprint density at radius 3 is 1.92 bits per heavy atom. The lowest BCUT2D eigenvalue weighted by atomic mass is 9.44. The van der Waals surface area contributed by atoms with E-state index >= 15 is 9.59 Å². The summed E-state index contributed by atoms with van der Waals surface area (Å²) < 4.78 is 52.1. The van der Waals surface area contributed by atoms with Crippen LogP contribution in [0.25, 0.3) is 0 Å². The zero-order chi connectivity index (χ0) is 52.3. The van der Waals surface area contributed by atoms with Crippen LogP contribution in [0, 0.1) is 16.7 Å². The van der Waals surface area contributed by atoms with Gasteiger partial charge >= 0.3 is 36.2 Å². The summed E-state index contributed by atoms with van der Waals surface area (Å²) in [4.78, 5) is 113. The zero-order valence-electron chi connectivity index (χ0n) is 40.0. The average molecular weight is 1040 g/mol. The predicted octanol–water partition coefficient (Wildman–Crippen LogP) is 6.45. The fourth-order valence-electron chi connectivity index (χ4n) is 10.8. The Hall–Kier alpha value is -6.54. The molecule has 0 unspecified atom stereocenters. The molecule has 11 atom stereocenters. The van der Waals surface area contributed by atoms with Gasteiger partial charge in [-0.15, -0.1) is 0 Å². The normalized spacial score (nSPS) is 28.8. The van der Waals surface area contributed by atoms with Crippen molar-refractivity contribution in [2.75, 3.05) is 18.7 Å². The molecule has 3 aromatic carbocycles. The van der Waals surface area contributed by atoms with Gasteiger partial charge in [0, 0.05) is 37.7 Å². The first kappa shape index (κ1) is 53.3. The molecule has 1 aliphatic heterocycles. The second-order valence-corrected chi connectivity index (χ2v) is 19.0. The second kappa shape index (κ2) is 21.3. The van der Waals surface area contributed by atoms with Crippen LogP contribution in [-0.4, -0.2) is 120 Å². The van der Waals surface area contributed by atoms with Crippen LogP contribution in [0.1, 0.15) is 86.7 Å². The summed E-state index contributed by atoms with van der Waals surface area (Å²) in [5.41, 5.74) is -8.20. The van der Waals surface area contributed by atoms with E-state index < -0.39 is 144 Å². The maximum Gasteiger partial charge on any atom is 0.510 e. The molecule has 1 saturated heterocycles. The van der Waals surface area contributed by atoms with Gasteiger partial charge in [-0.05, 0) is 54.8 Å². The maximum absolute atomic E-state index is 16.1. The molecule has 21 heteroatoms. The van der Waals surface area contributed by atoms with Gasteiger partial charge in [-0.1, -0.05) is 104 Å². The van der Waals surface area contributed by atoms with Crippen molar-refractivity contribution in [3.05, 3.63) is 119 Å². The van der Waals surface area contributed by atoms with E-state index in [0.717, 1.165) is 13.8 Å². The fraction of sp³-hybridized carbons (Fsp3) is 0.451. The number of rotatable bonds is 14. The van der Waals surface area contributed by atoms with Crippen LogP contribution < -0.4 is 5.32 Å². The molecule has 0 radical (unpaired) electrons. The molecular formula is C51H53Cl2NO18. The van der Waals surface area contributed by atoms with Crippen molar-refractivity contribution in [3.63, 3.8) is 0 Å². The molecule has 2 saturated carbocycles. The second-order valence-electron chi connectivity index (χ2n) is 18.5. The first-order valence-electron chi connectivity index (χ1n) is 22.8. The van der Waals surface area contributed by atoms with Gasteiger partial charge in [0.2, 0.25) is 6.10 Å². The van der Waals surface area contributed by atoms with Crippen LogP contribution in [0.4, 0.5) is 9.59 Å². The van der Waals surface area contributed by atoms with Crippen LogP contribution in [0.3, 0.4) is 0 Å². The molecule has 3 aliphatic carbocycles. The molecule has 384 valence electrons. The van der Waals surface area contributed by atoms with E-state index in [1.54, 1.807) is 66.7 Å². The van der Waals surface area contributed by atoms with Crippen LogP contribution in [-0.2, 0) is 61.8 Å². The Morgan fingerprint density at radius 1 is 0.778 bits per heavy atom. The number of hydrogen-bond donors (Lipinski definition) is 2.